The Balaban J connectivity index is 1.40. The van der Waals surface area contributed by atoms with Gasteiger partial charge in [-0.15, -0.1) is 0 Å². The molecule has 0 bridgehead atoms. The molecule has 3 nitrogen and oxygen atoms in total. The molecule has 3 aromatic carbocycles. The minimum atomic E-state index is 0.740. The first kappa shape index (κ1) is 18.3. The Bertz CT molecular complexity index is 1020. The smallest absolute Gasteiger partial charge is 0.119 e. The Labute approximate surface area is 166 Å². The van der Waals surface area contributed by atoms with Crippen LogP contribution in [0.3, 0.4) is 0 Å². The number of unbranched alkanes of at least 4 members (excludes halogenated alkanes) is 1. The second kappa shape index (κ2) is 8.75. The van der Waals surface area contributed by atoms with Gasteiger partial charge < -0.3 is 9.30 Å². The number of hydrogen-bond acceptors (Lipinski definition) is 2. The maximum atomic E-state index is 5.87. The molecule has 0 aliphatic carbocycles. The van der Waals surface area contributed by atoms with Crippen molar-refractivity contribution in [3.63, 3.8) is 0 Å². The molecular formula is C25H26N2O. The molecule has 3 heteroatoms. The molecule has 0 aliphatic rings. The number of rotatable bonds is 8. The maximum Gasteiger partial charge on any atom is 0.119 e. The van der Waals surface area contributed by atoms with Gasteiger partial charge in [0.25, 0.3) is 0 Å². The van der Waals surface area contributed by atoms with Gasteiger partial charge in [0.2, 0.25) is 0 Å². The lowest BCUT2D eigenvalue weighted by Gasteiger charge is -2.10. The van der Waals surface area contributed by atoms with Crippen molar-refractivity contribution >= 4 is 11.0 Å². The molecule has 1 heterocycles. The molecule has 4 aromatic rings. The summed E-state index contributed by atoms with van der Waals surface area (Å²) in [6.45, 7) is 3.79. The van der Waals surface area contributed by atoms with E-state index < -0.39 is 0 Å². The lowest BCUT2D eigenvalue weighted by atomic mass is 10.1. The highest BCUT2D eigenvalue weighted by molar-refractivity contribution is 5.76. The first-order chi connectivity index (χ1) is 13.8. The van der Waals surface area contributed by atoms with Crippen LogP contribution < -0.4 is 4.74 Å². The van der Waals surface area contributed by atoms with Crippen molar-refractivity contribution in [2.75, 3.05) is 6.61 Å². The standard InChI is InChI=1S/C25H26N2O/c1-20-13-15-22(16-14-20)28-18-8-7-17-27-24-12-6-5-11-23(24)26-25(27)19-21-9-3-2-4-10-21/h2-6,9-16H,7-8,17-19H2,1H3. The Morgan fingerprint density at radius 2 is 1.57 bits per heavy atom. The summed E-state index contributed by atoms with van der Waals surface area (Å²) in [4.78, 5) is 4.89. The van der Waals surface area contributed by atoms with E-state index in [0.717, 1.165) is 49.5 Å². The molecule has 0 radical (unpaired) electrons. The third kappa shape index (κ3) is 4.42. The maximum absolute atomic E-state index is 5.87. The second-order valence-electron chi connectivity index (χ2n) is 7.20. The normalized spacial score (nSPS) is 11.0. The van der Waals surface area contributed by atoms with Crippen LogP contribution in [-0.2, 0) is 13.0 Å². The van der Waals surface area contributed by atoms with Gasteiger partial charge in [-0.05, 0) is 49.6 Å². The van der Waals surface area contributed by atoms with Gasteiger partial charge in [-0.2, -0.15) is 0 Å². The lowest BCUT2D eigenvalue weighted by molar-refractivity contribution is 0.303. The van der Waals surface area contributed by atoms with E-state index in [1.54, 1.807) is 0 Å². The Morgan fingerprint density at radius 3 is 2.39 bits per heavy atom. The summed E-state index contributed by atoms with van der Waals surface area (Å²) in [5.74, 6) is 2.08. The van der Waals surface area contributed by atoms with Crippen molar-refractivity contribution in [3.8, 4) is 5.75 Å². The molecule has 0 fully saturated rings. The number of aryl methyl sites for hydroxylation is 2. The molecule has 28 heavy (non-hydrogen) atoms. The summed E-state index contributed by atoms with van der Waals surface area (Å²) in [5.41, 5.74) is 4.84. The molecule has 0 saturated carbocycles. The van der Waals surface area contributed by atoms with Crippen LogP contribution in [0.1, 0.15) is 29.8 Å². The van der Waals surface area contributed by atoms with Crippen LogP contribution in [-0.4, -0.2) is 16.2 Å². The second-order valence-corrected chi connectivity index (χ2v) is 7.20. The predicted molar refractivity (Wildman–Crippen MR) is 115 cm³/mol. The van der Waals surface area contributed by atoms with E-state index in [9.17, 15) is 0 Å². The van der Waals surface area contributed by atoms with Crippen LogP contribution in [0.2, 0.25) is 0 Å². The highest BCUT2D eigenvalue weighted by Gasteiger charge is 2.10. The van der Waals surface area contributed by atoms with Crippen LogP contribution in [0, 0.1) is 6.92 Å². The van der Waals surface area contributed by atoms with E-state index in [1.165, 1.54) is 16.6 Å². The molecule has 0 aliphatic heterocycles. The molecule has 1 aromatic heterocycles. The number of benzene rings is 3. The first-order valence-electron chi connectivity index (χ1n) is 9.97. The van der Waals surface area contributed by atoms with E-state index in [4.69, 9.17) is 9.72 Å². The van der Waals surface area contributed by atoms with Crippen LogP contribution in [0.4, 0.5) is 0 Å². The lowest BCUT2D eigenvalue weighted by Crippen LogP contribution is -2.06. The SMILES string of the molecule is Cc1ccc(OCCCCn2c(Cc3ccccc3)nc3ccccc32)cc1. The van der Waals surface area contributed by atoms with Crippen molar-refractivity contribution in [2.45, 2.75) is 32.7 Å². The van der Waals surface area contributed by atoms with E-state index in [0.29, 0.717) is 0 Å². The van der Waals surface area contributed by atoms with Crippen molar-refractivity contribution in [2.24, 2.45) is 0 Å². The van der Waals surface area contributed by atoms with Gasteiger partial charge in [0.1, 0.15) is 11.6 Å². The third-order valence-electron chi connectivity index (χ3n) is 5.00. The number of hydrogen-bond donors (Lipinski definition) is 0. The molecule has 0 N–H and O–H groups in total. The van der Waals surface area contributed by atoms with Gasteiger partial charge in [-0.3, -0.25) is 0 Å². The predicted octanol–water partition coefficient (Wildman–Crippen LogP) is 5.79. The van der Waals surface area contributed by atoms with Gasteiger partial charge in [0.15, 0.2) is 0 Å². The number of imidazole rings is 1. The summed E-state index contributed by atoms with van der Waals surface area (Å²) in [7, 11) is 0. The van der Waals surface area contributed by atoms with Gasteiger partial charge in [-0.1, -0.05) is 60.2 Å². The highest BCUT2D eigenvalue weighted by Crippen LogP contribution is 2.20. The summed E-state index contributed by atoms with van der Waals surface area (Å²) >= 11 is 0. The number of ether oxygens (including phenoxy) is 1. The largest absolute Gasteiger partial charge is 0.494 e. The van der Waals surface area contributed by atoms with Crippen LogP contribution in [0.5, 0.6) is 5.75 Å². The number of para-hydroxylation sites is 2. The van der Waals surface area contributed by atoms with E-state index in [1.807, 2.05) is 12.1 Å². The zero-order valence-corrected chi connectivity index (χ0v) is 16.3. The molecule has 0 amide bonds. The number of aromatic nitrogens is 2. The first-order valence-corrected chi connectivity index (χ1v) is 9.97. The Hall–Kier alpha value is -3.07. The number of fused-ring (bicyclic) bond motifs is 1. The molecule has 0 atom stereocenters. The average Bonchev–Trinajstić information content (AvgIpc) is 3.07. The highest BCUT2D eigenvalue weighted by atomic mass is 16.5. The Kier molecular flexibility index (Phi) is 5.72. The summed E-state index contributed by atoms with van der Waals surface area (Å²) in [6, 6.07) is 27.2. The minimum absolute atomic E-state index is 0.740. The van der Waals surface area contributed by atoms with Crippen LogP contribution in [0.25, 0.3) is 11.0 Å². The monoisotopic (exact) mass is 370 g/mol. The topological polar surface area (TPSA) is 27.1 Å². The zero-order valence-electron chi connectivity index (χ0n) is 16.3. The number of nitrogens with zero attached hydrogens (tertiary/aromatic N) is 2. The molecule has 0 saturated heterocycles. The van der Waals surface area contributed by atoms with Gasteiger partial charge in [0.05, 0.1) is 17.6 Å². The van der Waals surface area contributed by atoms with E-state index in [2.05, 4.69) is 78.2 Å². The van der Waals surface area contributed by atoms with Crippen molar-refractivity contribution in [1.82, 2.24) is 9.55 Å². The van der Waals surface area contributed by atoms with E-state index >= 15 is 0 Å². The summed E-state index contributed by atoms with van der Waals surface area (Å²) < 4.78 is 8.24. The van der Waals surface area contributed by atoms with Crippen molar-refractivity contribution < 1.29 is 4.74 Å². The summed E-state index contributed by atoms with van der Waals surface area (Å²) in [6.07, 6.45) is 2.94. The molecule has 0 unspecified atom stereocenters. The van der Waals surface area contributed by atoms with Gasteiger partial charge in [0, 0.05) is 13.0 Å². The molecule has 0 spiro atoms. The molecule has 4 rings (SSSR count). The van der Waals surface area contributed by atoms with Gasteiger partial charge in [-0.25, -0.2) is 4.98 Å². The summed E-state index contributed by atoms with van der Waals surface area (Å²) in [5, 5.41) is 0. The van der Waals surface area contributed by atoms with Crippen molar-refractivity contribution in [3.05, 3.63) is 95.8 Å². The molecular weight excluding hydrogens is 344 g/mol. The molecule has 142 valence electrons. The fourth-order valence-corrected chi connectivity index (χ4v) is 3.48. The zero-order chi connectivity index (χ0) is 19.2. The van der Waals surface area contributed by atoms with Gasteiger partial charge >= 0.3 is 0 Å². The van der Waals surface area contributed by atoms with Crippen LogP contribution >= 0.6 is 0 Å². The van der Waals surface area contributed by atoms with Crippen molar-refractivity contribution in [1.29, 1.82) is 0 Å². The quantitative estimate of drug-likeness (QED) is 0.367. The van der Waals surface area contributed by atoms with E-state index in [-0.39, 0.29) is 0 Å². The Morgan fingerprint density at radius 1 is 0.821 bits per heavy atom. The van der Waals surface area contributed by atoms with Crippen LogP contribution in [0.15, 0.2) is 78.9 Å². The third-order valence-corrected chi connectivity index (χ3v) is 5.00. The average molecular weight is 370 g/mol. The minimum Gasteiger partial charge on any atom is -0.494 e. The fourth-order valence-electron chi connectivity index (χ4n) is 3.48. The fraction of sp³-hybridized carbons (Fsp3) is 0.240.